The largest absolute Gasteiger partial charge is 0.494 e. The van der Waals surface area contributed by atoms with Gasteiger partial charge in [-0.3, -0.25) is 4.79 Å². The summed E-state index contributed by atoms with van der Waals surface area (Å²) in [5.74, 6) is 2.58. The van der Waals surface area contributed by atoms with Crippen molar-refractivity contribution in [3.63, 3.8) is 0 Å². The van der Waals surface area contributed by atoms with Crippen LogP contribution in [0.1, 0.15) is 34.1 Å². The van der Waals surface area contributed by atoms with Gasteiger partial charge in [0.25, 0.3) is 0 Å². The standard InChI is InChI=1S/C23H32N2O3/c1-17(2)12-13-27-22-7-5-6-20(14-22)25-23(26)15-24-19-8-10-21(11-9-19)28-16-18(3)4/h5-11,14,17-18,24H,12-13,15-16H2,1-4H3,(H,25,26). The van der Waals surface area contributed by atoms with Gasteiger partial charge in [0.2, 0.25) is 5.91 Å². The Morgan fingerprint density at radius 3 is 2.32 bits per heavy atom. The Balaban J connectivity index is 1.77. The number of rotatable bonds is 11. The lowest BCUT2D eigenvalue weighted by Crippen LogP contribution is -2.21. The Morgan fingerprint density at radius 1 is 0.893 bits per heavy atom. The number of ether oxygens (including phenoxy) is 2. The summed E-state index contributed by atoms with van der Waals surface area (Å²) in [4.78, 5) is 12.2. The molecule has 152 valence electrons. The van der Waals surface area contributed by atoms with Crippen molar-refractivity contribution in [3.8, 4) is 11.5 Å². The summed E-state index contributed by atoms with van der Waals surface area (Å²) >= 11 is 0. The quantitative estimate of drug-likeness (QED) is 0.559. The normalized spacial score (nSPS) is 10.8. The molecule has 0 unspecified atom stereocenters. The molecule has 0 radical (unpaired) electrons. The molecule has 0 saturated carbocycles. The first kappa shape index (κ1) is 21.6. The fourth-order valence-electron chi connectivity index (χ4n) is 2.40. The fraction of sp³-hybridized carbons (Fsp3) is 0.435. The lowest BCUT2D eigenvalue weighted by atomic mass is 10.1. The Morgan fingerprint density at radius 2 is 1.64 bits per heavy atom. The second-order valence-corrected chi connectivity index (χ2v) is 7.69. The summed E-state index contributed by atoms with van der Waals surface area (Å²) in [6.07, 6.45) is 1.00. The molecule has 0 atom stereocenters. The van der Waals surface area contributed by atoms with Crippen LogP contribution in [0.15, 0.2) is 48.5 Å². The van der Waals surface area contributed by atoms with Crippen LogP contribution < -0.4 is 20.1 Å². The highest BCUT2D eigenvalue weighted by atomic mass is 16.5. The van der Waals surface area contributed by atoms with Gasteiger partial charge in [0.05, 0.1) is 19.8 Å². The van der Waals surface area contributed by atoms with E-state index in [1.807, 2.05) is 48.5 Å². The van der Waals surface area contributed by atoms with Crippen LogP contribution in [0.4, 0.5) is 11.4 Å². The number of benzene rings is 2. The van der Waals surface area contributed by atoms with Gasteiger partial charge in [-0.2, -0.15) is 0 Å². The molecule has 5 nitrogen and oxygen atoms in total. The third-order valence-corrected chi connectivity index (χ3v) is 3.97. The number of anilines is 2. The zero-order valence-corrected chi connectivity index (χ0v) is 17.3. The van der Waals surface area contributed by atoms with Crippen molar-refractivity contribution in [1.82, 2.24) is 0 Å². The molecule has 2 aromatic carbocycles. The van der Waals surface area contributed by atoms with E-state index in [-0.39, 0.29) is 12.5 Å². The van der Waals surface area contributed by atoms with Crippen LogP contribution in [-0.2, 0) is 4.79 Å². The van der Waals surface area contributed by atoms with E-state index in [0.717, 1.165) is 29.3 Å². The maximum absolute atomic E-state index is 12.2. The molecule has 2 rings (SSSR count). The number of nitrogens with one attached hydrogen (secondary N) is 2. The molecule has 1 amide bonds. The zero-order chi connectivity index (χ0) is 20.4. The lowest BCUT2D eigenvalue weighted by molar-refractivity contribution is -0.114. The molecular formula is C23H32N2O3. The fourth-order valence-corrected chi connectivity index (χ4v) is 2.40. The molecule has 5 heteroatoms. The summed E-state index contributed by atoms with van der Waals surface area (Å²) in [6, 6.07) is 15.1. The van der Waals surface area contributed by atoms with Crippen LogP contribution in [-0.4, -0.2) is 25.7 Å². The molecule has 0 saturated heterocycles. The molecule has 2 aromatic rings. The van der Waals surface area contributed by atoms with Gasteiger partial charge in [0, 0.05) is 17.4 Å². The van der Waals surface area contributed by atoms with Gasteiger partial charge in [0.15, 0.2) is 0 Å². The van der Waals surface area contributed by atoms with Crippen LogP contribution in [0, 0.1) is 11.8 Å². The first-order chi connectivity index (χ1) is 13.4. The highest BCUT2D eigenvalue weighted by Crippen LogP contribution is 2.19. The summed E-state index contributed by atoms with van der Waals surface area (Å²) in [6.45, 7) is 10.1. The molecule has 0 aliphatic heterocycles. The molecular weight excluding hydrogens is 352 g/mol. The summed E-state index contributed by atoms with van der Waals surface area (Å²) in [5, 5.41) is 6.01. The SMILES string of the molecule is CC(C)CCOc1cccc(NC(=O)CNc2ccc(OCC(C)C)cc2)c1. The Kier molecular flexibility index (Phi) is 8.66. The van der Waals surface area contributed by atoms with E-state index in [1.165, 1.54) is 0 Å². The maximum Gasteiger partial charge on any atom is 0.243 e. The lowest BCUT2D eigenvalue weighted by Gasteiger charge is -2.12. The van der Waals surface area contributed by atoms with E-state index in [1.54, 1.807) is 0 Å². The average Bonchev–Trinajstić information content (AvgIpc) is 2.65. The van der Waals surface area contributed by atoms with E-state index in [2.05, 4.69) is 38.3 Å². The van der Waals surface area contributed by atoms with Crippen LogP contribution in [0.25, 0.3) is 0 Å². The van der Waals surface area contributed by atoms with E-state index in [0.29, 0.717) is 25.0 Å². The van der Waals surface area contributed by atoms with Crippen molar-refractivity contribution in [2.75, 3.05) is 30.4 Å². The first-order valence-corrected chi connectivity index (χ1v) is 9.92. The van der Waals surface area contributed by atoms with Gasteiger partial charge < -0.3 is 20.1 Å². The van der Waals surface area contributed by atoms with Gasteiger partial charge in [-0.05, 0) is 54.7 Å². The van der Waals surface area contributed by atoms with Crippen LogP contribution >= 0.6 is 0 Å². The topological polar surface area (TPSA) is 59.6 Å². The Hall–Kier alpha value is -2.69. The predicted octanol–water partition coefficient (Wildman–Crippen LogP) is 5.20. The predicted molar refractivity (Wildman–Crippen MR) is 115 cm³/mol. The minimum atomic E-state index is -0.112. The molecule has 28 heavy (non-hydrogen) atoms. The van der Waals surface area contributed by atoms with E-state index in [4.69, 9.17) is 9.47 Å². The number of carbonyl (C=O) groups excluding carboxylic acids is 1. The van der Waals surface area contributed by atoms with E-state index < -0.39 is 0 Å². The highest BCUT2D eigenvalue weighted by Gasteiger charge is 2.05. The van der Waals surface area contributed by atoms with Crippen molar-refractivity contribution in [2.45, 2.75) is 34.1 Å². The minimum absolute atomic E-state index is 0.112. The number of carbonyl (C=O) groups is 1. The Bertz CT molecular complexity index is 727. The summed E-state index contributed by atoms with van der Waals surface area (Å²) in [7, 11) is 0. The van der Waals surface area contributed by atoms with Crippen molar-refractivity contribution < 1.29 is 14.3 Å². The second kappa shape index (κ2) is 11.2. The van der Waals surface area contributed by atoms with Gasteiger partial charge in [0.1, 0.15) is 11.5 Å². The molecule has 0 aromatic heterocycles. The van der Waals surface area contributed by atoms with E-state index >= 15 is 0 Å². The van der Waals surface area contributed by atoms with Gasteiger partial charge in [-0.25, -0.2) is 0 Å². The zero-order valence-electron chi connectivity index (χ0n) is 17.3. The molecule has 0 fully saturated rings. The van der Waals surface area contributed by atoms with Crippen molar-refractivity contribution in [1.29, 1.82) is 0 Å². The van der Waals surface area contributed by atoms with Crippen molar-refractivity contribution in [2.24, 2.45) is 11.8 Å². The molecule has 0 aliphatic carbocycles. The van der Waals surface area contributed by atoms with Gasteiger partial charge in [-0.15, -0.1) is 0 Å². The van der Waals surface area contributed by atoms with Crippen molar-refractivity contribution >= 4 is 17.3 Å². The molecule has 2 N–H and O–H groups in total. The minimum Gasteiger partial charge on any atom is -0.494 e. The number of amides is 1. The van der Waals surface area contributed by atoms with Crippen molar-refractivity contribution in [3.05, 3.63) is 48.5 Å². The molecule has 0 spiro atoms. The third-order valence-electron chi connectivity index (χ3n) is 3.97. The summed E-state index contributed by atoms with van der Waals surface area (Å²) < 4.78 is 11.4. The summed E-state index contributed by atoms with van der Waals surface area (Å²) in [5.41, 5.74) is 1.60. The second-order valence-electron chi connectivity index (χ2n) is 7.69. The highest BCUT2D eigenvalue weighted by molar-refractivity contribution is 5.93. The van der Waals surface area contributed by atoms with Crippen LogP contribution in [0.3, 0.4) is 0 Å². The third kappa shape index (κ3) is 8.33. The molecule has 0 heterocycles. The first-order valence-electron chi connectivity index (χ1n) is 9.92. The van der Waals surface area contributed by atoms with Crippen LogP contribution in [0.5, 0.6) is 11.5 Å². The van der Waals surface area contributed by atoms with E-state index in [9.17, 15) is 4.79 Å². The smallest absolute Gasteiger partial charge is 0.243 e. The average molecular weight is 385 g/mol. The van der Waals surface area contributed by atoms with Crippen LogP contribution in [0.2, 0.25) is 0 Å². The molecule has 0 bridgehead atoms. The molecule has 0 aliphatic rings. The number of hydrogen-bond acceptors (Lipinski definition) is 4. The van der Waals surface area contributed by atoms with Gasteiger partial charge in [-0.1, -0.05) is 33.8 Å². The monoisotopic (exact) mass is 384 g/mol. The van der Waals surface area contributed by atoms with Gasteiger partial charge >= 0.3 is 0 Å². The maximum atomic E-state index is 12.2. The Labute approximate surface area is 168 Å². The number of hydrogen-bond donors (Lipinski definition) is 2.